The molecule has 1 aromatic carbocycles. The molecule has 0 aliphatic carbocycles. The van der Waals surface area contributed by atoms with Gasteiger partial charge in [-0.25, -0.2) is 4.39 Å². The number of benzene rings is 1. The molecule has 0 saturated carbocycles. The highest BCUT2D eigenvalue weighted by Gasteiger charge is 2.16. The van der Waals surface area contributed by atoms with E-state index in [9.17, 15) is 19.3 Å². The van der Waals surface area contributed by atoms with E-state index in [1.807, 2.05) is 0 Å². The third-order valence-electron chi connectivity index (χ3n) is 2.28. The molecule has 1 N–H and O–H groups in total. The fourth-order valence-corrected chi connectivity index (χ4v) is 3.30. The van der Waals surface area contributed by atoms with Crippen LogP contribution in [0.1, 0.15) is 9.67 Å². The molecule has 2 rings (SSSR count). The van der Waals surface area contributed by atoms with Gasteiger partial charge in [0.25, 0.3) is 11.6 Å². The van der Waals surface area contributed by atoms with Crippen molar-refractivity contribution in [1.82, 2.24) is 0 Å². The quantitative estimate of drug-likeness (QED) is 0.580. The number of rotatable bonds is 3. The summed E-state index contributed by atoms with van der Waals surface area (Å²) in [5, 5.41) is 12.9. The van der Waals surface area contributed by atoms with E-state index in [0.29, 0.717) is 9.35 Å². The number of anilines is 1. The second-order valence-corrected chi connectivity index (χ2v) is 6.83. The average Bonchev–Trinajstić information content (AvgIpc) is 2.72. The van der Waals surface area contributed by atoms with Crippen LogP contribution in [0.3, 0.4) is 0 Å². The maximum absolute atomic E-state index is 13.5. The first-order chi connectivity index (χ1) is 9.38. The van der Waals surface area contributed by atoms with Crippen molar-refractivity contribution in [3.05, 3.63) is 53.3 Å². The van der Waals surface area contributed by atoms with Gasteiger partial charge in [-0.05, 0) is 44.0 Å². The molecule has 0 atom stereocenters. The number of hydrogen-bond donors (Lipinski definition) is 1. The maximum Gasteiger partial charge on any atom is 0.271 e. The standard InChI is InChI=1S/C11H5Br2FN2O3S/c12-6-4-9(20-10(6)13)11(17)15-8-3-5(16(18)19)1-2-7(8)14/h1-4H,(H,15,17). The van der Waals surface area contributed by atoms with E-state index in [-0.39, 0.29) is 11.4 Å². The molecule has 0 radical (unpaired) electrons. The van der Waals surface area contributed by atoms with Crippen molar-refractivity contribution >= 4 is 60.5 Å². The first-order valence-electron chi connectivity index (χ1n) is 5.08. The Morgan fingerprint density at radius 3 is 2.60 bits per heavy atom. The van der Waals surface area contributed by atoms with Crippen LogP contribution in [-0.2, 0) is 0 Å². The zero-order valence-electron chi connectivity index (χ0n) is 9.52. The molecule has 9 heteroatoms. The summed E-state index contributed by atoms with van der Waals surface area (Å²) >= 11 is 7.64. The predicted molar refractivity (Wildman–Crippen MR) is 80.7 cm³/mol. The minimum atomic E-state index is -0.737. The van der Waals surface area contributed by atoms with Gasteiger partial charge in [0, 0.05) is 16.6 Å². The Morgan fingerprint density at radius 1 is 1.35 bits per heavy atom. The first kappa shape index (κ1) is 15.1. The Balaban J connectivity index is 2.27. The largest absolute Gasteiger partial charge is 0.319 e. The molecular formula is C11H5Br2FN2O3S. The lowest BCUT2D eigenvalue weighted by atomic mass is 10.2. The molecule has 0 aliphatic rings. The summed E-state index contributed by atoms with van der Waals surface area (Å²) in [7, 11) is 0. The highest BCUT2D eigenvalue weighted by molar-refractivity contribution is 9.13. The number of amides is 1. The van der Waals surface area contributed by atoms with Gasteiger partial charge in [-0.2, -0.15) is 0 Å². The molecule has 2 aromatic rings. The molecule has 20 heavy (non-hydrogen) atoms. The Morgan fingerprint density at radius 2 is 2.05 bits per heavy atom. The highest BCUT2D eigenvalue weighted by Crippen LogP contribution is 2.33. The van der Waals surface area contributed by atoms with Crippen LogP contribution in [0.5, 0.6) is 0 Å². The Hall–Kier alpha value is -1.32. The van der Waals surface area contributed by atoms with Crippen LogP contribution in [-0.4, -0.2) is 10.8 Å². The molecule has 1 heterocycles. The van der Waals surface area contributed by atoms with Crippen LogP contribution in [0.4, 0.5) is 15.8 Å². The van der Waals surface area contributed by atoms with Gasteiger partial charge in [0.2, 0.25) is 0 Å². The predicted octanol–water partition coefficient (Wildman–Crippen LogP) is 4.57. The molecular weight excluding hydrogens is 419 g/mol. The summed E-state index contributed by atoms with van der Waals surface area (Å²) in [6.07, 6.45) is 0. The smallest absolute Gasteiger partial charge is 0.271 e. The number of hydrogen-bond acceptors (Lipinski definition) is 4. The lowest BCUT2D eigenvalue weighted by Crippen LogP contribution is -2.11. The van der Waals surface area contributed by atoms with E-state index in [4.69, 9.17) is 0 Å². The van der Waals surface area contributed by atoms with Crippen LogP contribution >= 0.6 is 43.2 Å². The molecule has 0 fully saturated rings. The number of nitro groups is 1. The summed E-state index contributed by atoms with van der Waals surface area (Å²) in [4.78, 5) is 22.2. The van der Waals surface area contributed by atoms with Gasteiger partial charge in [-0.3, -0.25) is 14.9 Å². The normalized spacial score (nSPS) is 10.3. The fraction of sp³-hybridized carbons (Fsp3) is 0. The number of nitrogens with one attached hydrogen (secondary N) is 1. The fourth-order valence-electron chi connectivity index (χ4n) is 1.37. The van der Waals surface area contributed by atoms with Gasteiger partial charge in [0.05, 0.1) is 19.3 Å². The van der Waals surface area contributed by atoms with Crippen molar-refractivity contribution < 1.29 is 14.1 Å². The van der Waals surface area contributed by atoms with E-state index in [1.165, 1.54) is 0 Å². The number of thiophene rings is 1. The Bertz CT molecular complexity index is 685. The van der Waals surface area contributed by atoms with E-state index in [1.54, 1.807) is 6.07 Å². The van der Waals surface area contributed by atoms with E-state index in [0.717, 1.165) is 33.3 Å². The number of nitrogens with zero attached hydrogens (tertiary/aromatic N) is 1. The summed E-state index contributed by atoms with van der Waals surface area (Å²) in [6.45, 7) is 0. The second kappa shape index (κ2) is 5.98. The van der Waals surface area contributed by atoms with E-state index in [2.05, 4.69) is 37.2 Å². The van der Waals surface area contributed by atoms with E-state index >= 15 is 0 Å². The average molecular weight is 424 g/mol. The minimum absolute atomic E-state index is 0.232. The van der Waals surface area contributed by atoms with Gasteiger partial charge in [-0.15, -0.1) is 11.3 Å². The maximum atomic E-state index is 13.5. The topological polar surface area (TPSA) is 72.2 Å². The van der Waals surface area contributed by atoms with E-state index < -0.39 is 16.6 Å². The van der Waals surface area contributed by atoms with Crippen LogP contribution in [0.2, 0.25) is 0 Å². The Kier molecular flexibility index (Phi) is 4.51. The first-order valence-corrected chi connectivity index (χ1v) is 7.49. The van der Waals surface area contributed by atoms with Crippen molar-refractivity contribution in [2.45, 2.75) is 0 Å². The van der Waals surface area contributed by atoms with Gasteiger partial charge in [0.15, 0.2) is 0 Å². The summed E-state index contributed by atoms with van der Waals surface area (Å²) in [5.41, 5.74) is -0.528. The summed E-state index contributed by atoms with van der Waals surface area (Å²) < 4.78 is 15.0. The molecule has 0 unspecified atom stereocenters. The number of nitro benzene ring substituents is 1. The van der Waals surface area contributed by atoms with Gasteiger partial charge < -0.3 is 5.32 Å². The number of non-ortho nitro benzene ring substituents is 1. The third kappa shape index (κ3) is 3.22. The zero-order valence-corrected chi connectivity index (χ0v) is 13.5. The Labute approximate surface area is 133 Å². The molecule has 0 aliphatic heterocycles. The highest BCUT2D eigenvalue weighted by atomic mass is 79.9. The van der Waals surface area contributed by atoms with Crippen molar-refractivity contribution in [1.29, 1.82) is 0 Å². The number of carbonyl (C=O) groups is 1. The van der Waals surface area contributed by atoms with Crippen LogP contribution < -0.4 is 5.32 Å². The molecule has 0 bridgehead atoms. The lowest BCUT2D eigenvalue weighted by Gasteiger charge is -2.04. The summed E-state index contributed by atoms with van der Waals surface area (Å²) in [6, 6.07) is 4.52. The number of halogens is 3. The van der Waals surface area contributed by atoms with Gasteiger partial charge >= 0.3 is 0 Å². The lowest BCUT2D eigenvalue weighted by molar-refractivity contribution is -0.384. The zero-order chi connectivity index (χ0) is 14.9. The molecule has 0 saturated heterocycles. The second-order valence-electron chi connectivity index (χ2n) is 3.61. The molecule has 5 nitrogen and oxygen atoms in total. The minimum Gasteiger partial charge on any atom is -0.319 e. The number of carbonyl (C=O) groups excluding carboxylic acids is 1. The van der Waals surface area contributed by atoms with Crippen LogP contribution in [0.25, 0.3) is 0 Å². The van der Waals surface area contributed by atoms with Crippen molar-refractivity contribution in [2.75, 3.05) is 5.32 Å². The van der Waals surface area contributed by atoms with Gasteiger partial charge in [0.1, 0.15) is 5.82 Å². The van der Waals surface area contributed by atoms with Crippen molar-refractivity contribution in [2.24, 2.45) is 0 Å². The van der Waals surface area contributed by atoms with Crippen molar-refractivity contribution in [3.8, 4) is 0 Å². The molecule has 0 spiro atoms. The molecule has 1 aromatic heterocycles. The molecule has 1 amide bonds. The monoisotopic (exact) mass is 422 g/mol. The SMILES string of the molecule is O=C(Nc1cc([N+](=O)[O-])ccc1F)c1cc(Br)c(Br)s1. The van der Waals surface area contributed by atoms with Crippen LogP contribution in [0.15, 0.2) is 32.5 Å². The summed E-state index contributed by atoms with van der Waals surface area (Å²) in [5.74, 6) is -1.28. The molecule has 104 valence electrons. The van der Waals surface area contributed by atoms with Crippen LogP contribution in [0, 0.1) is 15.9 Å². The van der Waals surface area contributed by atoms with Gasteiger partial charge in [-0.1, -0.05) is 0 Å². The van der Waals surface area contributed by atoms with Crippen molar-refractivity contribution in [3.63, 3.8) is 0 Å². The third-order valence-corrected chi connectivity index (χ3v) is 5.53.